The van der Waals surface area contributed by atoms with E-state index in [0.29, 0.717) is 0 Å². The summed E-state index contributed by atoms with van der Waals surface area (Å²) in [6, 6.07) is 3.90. The first kappa shape index (κ1) is 11.2. The SMILES string of the molecule is CC(O)C1(c2ccc(Br)o2)CCCCC1. The quantitative estimate of drug-likeness (QED) is 0.892. The largest absolute Gasteiger partial charge is 0.454 e. The zero-order valence-electron chi connectivity index (χ0n) is 9.00. The van der Waals surface area contributed by atoms with Gasteiger partial charge in [0.05, 0.1) is 11.5 Å². The topological polar surface area (TPSA) is 33.4 Å². The number of aliphatic hydroxyl groups excluding tert-OH is 1. The second kappa shape index (κ2) is 4.30. The van der Waals surface area contributed by atoms with E-state index in [4.69, 9.17) is 4.42 Å². The summed E-state index contributed by atoms with van der Waals surface area (Å²) in [5.74, 6) is 0.934. The average Bonchev–Trinajstić information content (AvgIpc) is 2.66. The van der Waals surface area contributed by atoms with Crippen LogP contribution in [-0.2, 0) is 5.41 Å². The highest BCUT2D eigenvalue weighted by atomic mass is 79.9. The van der Waals surface area contributed by atoms with Crippen LogP contribution in [0.2, 0.25) is 0 Å². The fourth-order valence-electron chi connectivity index (χ4n) is 2.63. The van der Waals surface area contributed by atoms with Crippen molar-refractivity contribution in [1.82, 2.24) is 0 Å². The highest BCUT2D eigenvalue weighted by Crippen LogP contribution is 2.43. The molecule has 1 aliphatic rings. The van der Waals surface area contributed by atoms with E-state index < -0.39 is 0 Å². The summed E-state index contributed by atoms with van der Waals surface area (Å²) in [4.78, 5) is 0. The normalized spacial score (nSPS) is 22.6. The zero-order valence-corrected chi connectivity index (χ0v) is 10.6. The Morgan fingerprint density at radius 2 is 2.00 bits per heavy atom. The van der Waals surface area contributed by atoms with Crippen molar-refractivity contribution in [2.45, 2.75) is 50.5 Å². The molecule has 0 aliphatic heterocycles. The van der Waals surface area contributed by atoms with Crippen molar-refractivity contribution in [3.05, 3.63) is 22.6 Å². The number of halogens is 1. The Morgan fingerprint density at radius 1 is 1.33 bits per heavy atom. The molecule has 1 aromatic rings. The van der Waals surface area contributed by atoms with Gasteiger partial charge in [0.25, 0.3) is 0 Å². The van der Waals surface area contributed by atoms with Crippen LogP contribution in [0.15, 0.2) is 21.2 Å². The first-order valence-corrected chi connectivity index (χ1v) is 6.38. The van der Waals surface area contributed by atoms with Gasteiger partial charge in [0, 0.05) is 0 Å². The monoisotopic (exact) mass is 272 g/mol. The molecule has 1 aromatic heterocycles. The van der Waals surface area contributed by atoms with E-state index in [1.807, 2.05) is 19.1 Å². The first-order chi connectivity index (χ1) is 7.15. The maximum Gasteiger partial charge on any atom is 0.169 e. The van der Waals surface area contributed by atoms with Crippen LogP contribution in [-0.4, -0.2) is 11.2 Å². The highest BCUT2D eigenvalue weighted by Gasteiger charge is 2.40. The van der Waals surface area contributed by atoms with E-state index in [0.717, 1.165) is 23.3 Å². The van der Waals surface area contributed by atoms with Crippen LogP contribution in [0.4, 0.5) is 0 Å². The van der Waals surface area contributed by atoms with Crippen molar-refractivity contribution < 1.29 is 9.52 Å². The molecule has 0 amide bonds. The van der Waals surface area contributed by atoms with E-state index in [-0.39, 0.29) is 11.5 Å². The number of rotatable bonds is 2. The Kier molecular flexibility index (Phi) is 3.21. The lowest BCUT2D eigenvalue weighted by molar-refractivity contribution is 0.0531. The fraction of sp³-hybridized carbons (Fsp3) is 0.667. The molecule has 1 unspecified atom stereocenters. The van der Waals surface area contributed by atoms with Gasteiger partial charge in [0.2, 0.25) is 0 Å². The minimum atomic E-state index is -0.337. The molecular weight excluding hydrogens is 256 g/mol. The smallest absolute Gasteiger partial charge is 0.169 e. The molecule has 0 bridgehead atoms. The van der Waals surface area contributed by atoms with Gasteiger partial charge in [-0.05, 0) is 47.8 Å². The molecule has 1 fully saturated rings. The lowest BCUT2D eigenvalue weighted by Crippen LogP contribution is -2.39. The van der Waals surface area contributed by atoms with Crippen LogP contribution < -0.4 is 0 Å². The molecule has 2 nitrogen and oxygen atoms in total. The van der Waals surface area contributed by atoms with Gasteiger partial charge in [-0.1, -0.05) is 19.3 Å². The van der Waals surface area contributed by atoms with E-state index in [1.54, 1.807) is 0 Å². The summed E-state index contributed by atoms with van der Waals surface area (Å²) in [5.41, 5.74) is -0.149. The predicted molar refractivity (Wildman–Crippen MR) is 62.9 cm³/mol. The van der Waals surface area contributed by atoms with Crippen molar-refractivity contribution in [2.24, 2.45) is 0 Å². The van der Waals surface area contributed by atoms with Gasteiger partial charge in [0.1, 0.15) is 5.76 Å². The maximum atomic E-state index is 10.0. The molecule has 1 N–H and O–H groups in total. The second-order valence-corrected chi connectivity index (χ2v) is 5.28. The molecule has 15 heavy (non-hydrogen) atoms. The van der Waals surface area contributed by atoms with Crippen LogP contribution in [0.3, 0.4) is 0 Å². The summed E-state index contributed by atoms with van der Waals surface area (Å²) < 4.78 is 6.40. The van der Waals surface area contributed by atoms with E-state index >= 15 is 0 Å². The Balaban J connectivity index is 2.33. The number of furan rings is 1. The zero-order chi connectivity index (χ0) is 10.9. The molecule has 3 heteroatoms. The minimum Gasteiger partial charge on any atom is -0.454 e. The van der Waals surface area contributed by atoms with Crippen molar-refractivity contribution in [2.75, 3.05) is 0 Å². The van der Waals surface area contributed by atoms with Gasteiger partial charge in [-0.15, -0.1) is 0 Å². The molecule has 0 saturated heterocycles. The summed E-state index contributed by atoms with van der Waals surface area (Å²) >= 11 is 3.32. The van der Waals surface area contributed by atoms with Crippen LogP contribution in [0.1, 0.15) is 44.8 Å². The Labute approximate surface area is 98.8 Å². The first-order valence-electron chi connectivity index (χ1n) is 5.59. The Hall–Kier alpha value is -0.280. The molecule has 1 aliphatic carbocycles. The van der Waals surface area contributed by atoms with E-state index in [1.165, 1.54) is 19.3 Å². The third-order valence-corrected chi connectivity index (χ3v) is 4.04. The minimum absolute atomic E-state index is 0.149. The lowest BCUT2D eigenvalue weighted by Gasteiger charge is -2.38. The van der Waals surface area contributed by atoms with Crippen molar-refractivity contribution in [1.29, 1.82) is 0 Å². The van der Waals surface area contributed by atoms with Gasteiger partial charge in [-0.25, -0.2) is 0 Å². The van der Waals surface area contributed by atoms with Gasteiger partial charge >= 0.3 is 0 Å². The van der Waals surface area contributed by atoms with Gasteiger partial charge in [0.15, 0.2) is 4.67 Å². The molecule has 1 heterocycles. The number of hydrogen-bond acceptors (Lipinski definition) is 2. The molecule has 0 spiro atoms. The average molecular weight is 273 g/mol. The maximum absolute atomic E-state index is 10.0. The summed E-state index contributed by atoms with van der Waals surface area (Å²) in [5, 5.41) is 10.0. The van der Waals surface area contributed by atoms with Crippen LogP contribution in [0, 0.1) is 0 Å². The lowest BCUT2D eigenvalue weighted by atomic mass is 9.69. The molecule has 1 saturated carbocycles. The number of hydrogen-bond donors (Lipinski definition) is 1. The molecular formula is C12H17BrO2. The van der Waals surface area contributed by atoms with Gasteiger partial charge in [-0.3, -0.25) is 0 Å². The van der Waals surface area contributed by atoms with Gasteiger partial charge < -0.3 is 9.52 Å². The van der Waals surface area contributed by atoms with E-state index in [2.05, 4.69) is 15.9 Å². The molecule has 84 valence electrons. The second-order valence-electron chi connectivity index (χ2n) is 4.50. The Bertz CT molecular complexity index is 324. The third kappa shape index (κ3) is 2.00. The number of aliphatic hydroxyl groups is 1. The summed E-state index contributed by atoms with van der Waals surface area (Å²) in [6.07, 6.45) is 5.37. The van der Waals surface area contributed by atoms with E-state index in [9.17, 15) is 5.11 Å². The van der Waals surface area contributed by atoms with Crippen molar-refractivity contribution in [3.63, 3.8) is 0 Å². The fourth-order valence-corrected chi connectivity index (χ4v) is 2.94. The van der Waals surface area contributed by atoms with Crippen LogP contribution in [0.5, 0.6) is 0 Å². The molecule has 0 aromatic carbocycles. The molecule has 1 atom stereocenters. The standard InChI is InChI=1S/C12H17BrO2/c1-9(14)12(7-3-2-4-8-12)10-5-6-11(13)15-10/h5-6,9,14H,2-4,7-8H2,1H3. The van der Waals surface area contributed by atoms with Crippen LogP contribution in [0.25, 0.3) is 0 Å². The van der Waals surface area contributed by atoms with Crippen molar-refractivity contribution in [3.8, 4) is 0 Å². The van der Waals surface area contributed by atoms with Crippen molar-refractivity contribution >= 4 is 15.9 Å². The predicted octanol–water partition coefficient (Wildman–Crippen LogP) is 3.62. The molecule has 0 radical (unpaired) electrons. The summed E-state index contributed by atoms with van der Waals surface area (Å²) in [6.45, 7) is 1.88. The molecule has 2 rings (SSSR count). The van der Waals surface area contributed by atoms with Gasteiger partial charge in [-0.2, -0.15) is 0 Å². The van der Waals surface area contributed by atoms with Crippen LogP contribution >= 0.6 is 15.9 Å². The third-order valence-electron chi connectivity index (χ3n) is 3.61. The highest BCUT2D eigenvalue weighted by molar-refractivity contribution is 9.10. The Morgan fingerprint density at radius 3 is 2.47 bits per heavy atom. The summed E-state index contributed by atoms with van der Waals surface area (Å²) in [7, 11) is 0.